The molecule has 4 amide bonds. The minimum Gasteiger partial charge on any atom is -0.490 e. The summed E-state index contributed by atoms with van der Waals surface area (Å²) in [5.74, 6) is -1.67. The van der Waals surface area contributed by atoms with Crippen LogP contribution in [0.4, 0.5) is 30.4 Å². The van der Waals surface area contributed by atoms with Gasteiger partial charge < -0.3 is 34.7 Å². The average molecular weight is 791 g/mol. The molecular formula is C40H45F3N8O6. The number of nitrogens with one attached hydrogen (secondary N) is 3. The quantitative estimate of drug-likeness (QED) is 0.148. The first-order valence-electron chi connectivity index (χ1n) is 19.1. The Morgan fingerprint density at radius 3 is 2.46 bits per heavy atom. The van der Waals surface area contributed by atoms with Crippen molar-refractivity contribution in [1.29, 1.82) is 0 Å². The van der Waals surface area contributed by atoms with Crippen molar-refractivity contribution in [2.75, 3.05) is 41.7 Å². The normalized spacial score (nSPS) is 18.9. The Bertz CT molecular complexity index is 2160. The number of alkyl halides is 2. The maximum absolute atomic E-state index is 15.2. The number of ether oxygens (including phenoxy) is 1. The van der Waals surface area contributed by atoms with E-state index in [9.17, 15) is 33.1 Å². The van der Waals surface area contributed by atoms with Crippen LogP contribution >= 0.6 is 0 Å². The van der Waals surface area contributed by atoms with Gasteiger partial charge in [0.15, 0.2) is 0 Å². The molecule has 3 aromatic heterocycles. The third kappa shape index (κ3) is 9.14. The number of imidazole rings is 1. The highest BCUT2D eigenvalue weighted by Gasteiger charge is 2.37. The van der Waals surface area contributed by atoms with Gasteiger partial charge in [0.25, 0.3) is 12.3 Å². The van der Waals surface area contributed by atoms with E-state index in [0.29, 0.717) is 62.5 Å². The number of aliphatic hydroxyl groups is 1. The molecule has 1 unspecified atom stereocenters. The first-order chi connectivity index (χ1) is 27.2. The molecule has 3 fully saturated rings. The summed E-state index contributed by atoms with van der Waals surface area (Å²) in [7, 11) is 0. The zero-order valence-corrected chi connectivity index (χ0v) is 31.6. The molecule has 3 aliphatic heterocycles. The number of carbonyl (C=O) groups excluding carboxylic acids is 4. The summed E-state index contributed by atoms with van der Waals surface area (Å²) in [4.78, 5) is 62.6. The van der Waals surface area contributed by atoms with E-state index in [-0.39, 0.29) is 66.7 Å². The van der Waals surface area contributed by atoms with Crippen LogP contribution in [0.15, 0.2) is 54.9 Å². The van der Waals surface area contributed by atoms with Gasteiger partial charge in [-0.2, -0.15) is 0 Å². The lowest BCUT2D eigenvalue weighted by molar-refractivity contribution is -0.138. The fourth-order valence-corrected chi connectivity index (χ4v) is 7.62. The zero-order chi connectivity index (χ0) is 40.4. The van der Waals surface area contributed by atoms with Crippen molar-refractivity contribution in [2.24, 2.45) is 0 Å². The van der Waals surface area contributed by atoms with Crippen molar-refractivity contribution in [2.45, 2.75) is 88.9 Å². The van der Waals surface area contributed by atoms with Gasteiger partial charge in [-0.25, -0.2) is 23.1 Å². The fraction of sp³-hybridized carbons (Fsp3) is 0.450. The second kappa shape index (κ2) is 16.4. The number of hydrogen-bond acceptors (Lipinski definition) is 10. The van der Waals surface area contributed by atoms with Gasteiger partial charge in [-0.3, -0.25) is 24.5 Å². The number of nitrogens with zero attached hydrogens (tertiary/aromatic N) is 5. The van der Waals surface area contributed by atoms with Crippen LogP contribution in [-0.2, 0) is 14.4 Å². The van der Waals surface area contributed by atoms with Crippen molar-refractivity contribution in [1.82, 2.24) is 24.6 Å². The van der Waals surface area contributed by atoms with E-state index in [1.807, 2.05) is 24.9 Å². The molecule has 7 rings (SSSR count). The van der Waals surface area contributed by atoms with Gasteiger partial charge in [-0.15, -0.1) is 0 Å². The smallest absolute Gasteiger partial charge is 0.280 e. The number of imide groups is 1. The molecule has 3 aliphatic rings. The molecular weight excluding hydrogens is 745 g/mol. The summed E-state index contributed by atoms with van der Waals surface area (Å²) in [5.41, 5.74) is 0.637. The monoisotopic (exact) mass is 790 g/mol. The Labute approximate surface area is 326 Å². The topological polar surface area (TPSA) is 170 Å². The van der Waals surface area contributed by atoms with Gasteiger partial charge in [-0.1, -0.05) is 6.07 Å². The van der Waals surface area contributed by atoms with Crippen molar-refractivity contribution in [3.8, 4) is 5.75 Å². The average Bonchev–Trinajstić information content (AvgIpc) is 3.59. The van der Waals surface area contributed by atoms with E-state index in [0.717, 1.165) is 5.69 Å². The molecule has 0 radical (unpaired) electrons. The Hall–Kier alpha value is -5.71. The number of anilines is 3. The summed E-state index contributed by atoms with van der Waals surface area (Å²) >= 11 is 0. The van der Waals surface area contributed by atoms with Crippen LogP contribution in [0.3, 0.4) is 0 Å². The van der Waals surface area contributed by atoms with Crippen LogP contribution in [0.1, 0.15) is 92.9 Å². The molecule has 6 heterocycles. The van der Waals surface area contributed by atoms with E-state index < -0.39 is 41.4 Å². The molecule has 0 spiro atoms. The van der Waals surface area contributed by atoms with Crippen LogP contribution in [0.2, 0.25) is 0 Å². The number of likely N-dealkylation sites (tertiary alicyclic amines) is 1. The second-order valence-electron chi connectivity index (χ2n) is 15.2. The minimum atomic E-state index is -2.78. The van der Waals surface area contributed by atoms with Crippen LogP contribution < -0.4 is 25.6 Å². The third-order valence-corrected chi connectivity index (χ3v) is 10.7. The summed E-state index contributed by atoms with van der Waals surface area (Å²) in [6, 6.07) is 9.66. The molecule has 0 aliphatic carbocycles. The predicted molar refractivity (Wildman–Crippen MR) is 204 cm³/mol. The number of halogens is 3. The summed E-state index contributed by atoms with van der Waals surface area (Å²) in [6.07, 6.45) is 2.73. The summed E-state index contributed by atoms with van der Waals surface area (Å²) < 4.78 is 49.3. The van der Waals surface area contributed by atoms with E-state index in [1.54, 1.807) is 33.7 Å². The Kier molecular flexibility index (Phi) is 11.4. The van der Waals surface area contributed by atoms with Crippen molar-refractivity contribution in [3.05, 3.63) is 77.6 Å². The standard InChI is InChI=1S/C40H45F3N8O6/c1-23(2)57-32-19-34-46-30(22-51(34)21-26(32)38(54)47-33-5-3-4-28(45-33)37(42)43)24-10-14-50(15-11-24)36(53)20-40(56)12-16-49(17-13-40)31-8-6-25(18-27(31)41)44-29-7-9-35(52)48-39(29)55/h3-6,8,18-19,21-24,29,37,44,56H,7,9-17,20H2,1-2H3,(H,45,47,54)(H,48,52,55). The Balaban J connectivity index is 0.931. The molecule has 3 saturated heterocycles. The lowest BCUT2D eigenvalue weighted by Crippen LogP contribution is -2.49. The van der Waals surface area contributed by atoms with Crippen molar-refractivity contribution in [3.63, 3.8) is 0 Å². The van der Waals surface area contributed by atoms with E-state index in [1.165, 1.54) is 24.3 Å². The minimum absolute atomic E-state index is 0.0146. The highest BCUT2D eigenvalue weighted by molar-refractivity contribution is 6.06. The maximum atomic E-state index is 15.2. The number of carbonyl (C=O) groups is 4. The Morgan fingerprint density at radius 1 is 1.02 bits per heavy atom. The number of piperidine rings is 3. The van der Waals surface area contributed by atoms with Gasteiger partial charge in [-0.05, 0) is 76.3 Å². The molecule has 17 heteroatoms. The zero-order valence-electron chi connectivity index (χ0n) is 31.6. The number of rotatable bonds is 11. The molecule has 4 N–H and O–H groups in total. The number of pyridine rings is 2. The predicted octanol–water partition coefficient (Wildman–Crippen LogP) is 5.19. The van der Waals surface area contributed by atoms with Crippen LogP contribution in [0.25, 0.3) is 5.65 Å². The van der Waals surface area contributed by atoms with E-state index in [2.05, 4.69) is 20.9 Å². The fourth-order valence-electron chi connectivity index (χ4n) is 7.62. The van der Waals surface area contributed by atoms with Gasteiger partial charge in [0.1, 0.15) is 34.8 Å². The van der Waals surface area contributed by atoms with E-state index in [4.69, 9.17) is 9.72 Å². The first-order valence-corrected chi connectivity index (χ1v) is 19.1. The summed E-state index contributed by atoms with van der Waals surface area (Å²) in [5, 5.41) is 19.3. The largest absolute Gasteiger partial charge is 0.490 e. The SMILES string of the molecule is CC(C)Oc1cc2nc(C3CCN(C(=O)CC4(O)CCN(c5ccc(NC6CCC(=O)NC6=O)cc5F)CC4)CC3)cn2cc1C(=O)Nc1cccc(C(F)F)n1. The highest BCUT2D eigenvalue weighted by atomic mass is 19.3. The Morgan fingerprint density at radius 2 is 1.77 bits per heavy atom. The lowest BCUT2D eigenvalue weighted by atomic mass is 9.86. The highest BCUT2D eigenvalue weighted by Crippen LogP contribution is 2.34. The van der Waals surface area contributed by atoms with Crippen molar-refractivity contribution >= 4 is 46.5 Å². The molecule has 14 nitrogen and oxygen atoms in total. The molecule has 1 atom stereocenters. The summed E-state index contributed by atoms with van der Waals surface area (Å²) in [6.45, 7) is 5.30. The lowest BCUT2D eigenvalue weighted by Gasteiger charge is -2.40. The molecule has 4 aromatic rings. The number of hydrogen-bond donors (Lipinski definition) is 4. The van der Waals surface area contributed by atoms with Gasteiger partial charge in [0.2, 0.25) is 17.7 Å². The number of benzene rings is 1. The molecule has 1 aromatic carbocycles. The van der Waals surface area contributed by atoms with Gasteiger partial charge >= 0.3 is 0 Å². The molecule has 0 saturated carbocycles. The van der Waals surface area contributed by atoms with Gasteiger partial charge in [0.05, 0.1) is 35.1 Å². The van der Waals surface area contributed by atoms with E-state index >= 15 is 4.39 Å². The van der Waals surface area contributed by atoms with Crippen LogP contribution in [0, 0.1) is 5.82 Å². The molecule has 0 bridgehead atoms. The number of amides is 4. The van der Waals surface area contributed by atoms with Crippen molar-refractivity contribution < 1.29 is 42.2 Å². The van der Waals surface area contributed by atoms with Crippen LogP contribution in [0.5, 0.6) is 5.75 Å². The number of aromatic nitrogens is 3. The van der Waals surface area contributed by atoms with Gasteiger partial charge in [0, 0.05) is 62.7 Å². The number of fused-ring (bicyclic) bond motifs is 1. The molecule has 57 heavy (non-hydrogen) atoms. The molecule has 302 valence electrons. The third-order valence-electron chi connectivity index (χ3n) is 10.7. The maximum Gasteiger partial charge on any atom is 0.280 e. The first kappa shape index (κ1) is 39.5. The van der Waals surface area contributed by atoms with Crippen LogP contribution in [-0.4, -0.2) is 91.9 Å². The second-order valence-corrected chi connectivity index (χ2v) is 15.2.